The molecule has 0 fully saturated rings. The van der Waals surface area contributed by atoms with Crippen LogP contribution in [-0.2, 0) is 6.42 Å². The summed E-state index contributed by atoms with van der Waals surface area (Å²) < 4.78 is 19.6. The van der Waals surface area contributed by atoms with Crippen LogP contribution in [-0.4, -0.2) is 18.5 Å². The molecule has 0 aliphatic carbocycles. The zero-order valence-electron chi connectivity index (χ0n) is 13.8. The van der Waals surface area contributed by atoms with Crippen molar-refractivity contribution >= 4 is 29.9 Å². The fourth-order valence-electron chi connectivity index (χ4n) is 2.04. The number of rotatable bonds is 6. The van der Waals surface area contributed by atoms with Gasteiger partial charge in [0.15, 0.2) is 17.5 Å². The van der Waals surface area contributed by atoms with E-state index in [0.717, 1.165) is 5.56 Å². The SMILES string of the molecule is CC(C)NC(N)=NCCc1ccc(Oc2ccccc2)c(F)c1.I. The predicted molar refractivity (Wildman–Crippen MR) is 107 cm³/mol. The molecule has 4 nitrogen and oxygen atoms in total. The minimum atomic E-state index is -0.386. The Morgan fingerprint density at radius 3 is 2.54 bits per heavy atom. The van der Waals surface area contributed by atoms with Crippen LogP contribution in [0.5, 0.6) is 11.5 Å². The number of nitrogens with zero attached hydrogens (tertiary/aromatic N) is 1. The van der Waals surface area contributed by atoms with Gasteiger partial charge in [0.1, 0.15) is 5.75 Å². The second-order valence-electron chi connectivity index (χ2n) is 5.50. The number of benzene rings is 2. The maximum absolute atomic E-state index is 14.1. The lowest BCUT2D eigenvalue weighted by molar-refractivity contribution is 0.441. The minimum Gasteiger partial charge on any atom is -0.454 e. The summed E-state index contributed by atoms with van der Waals surface area (Å²) in [5, 5.41) is 3.01. The van der Waals surface area contributed by atoms with Crippen LogP contribution in [0.25, 0.3) is 0 Å². The highest BCUT2D eigenvalue weighted by atomic mass is 127. The standard InChI is InChI=1S/C18H22FN3O.HI/c1-13(2)22-18(20)21-11-10-14-8-9-17(16(19)12-14)23-15-6-4-3-5-7-15;/h3-9,12-13H,10-11H2,1-2H3,(H3,20,21,22);1H. The zero-order chi connectivity index (χ0) is 16.7. The molecule has 6 heteroatoms. The molecule has 0 unspecified atom stereocenters. The molecule has 0 saturated carbocycles. The summed E-state index contributed by atoms with van der Waals surface area (Å²) in [7, 11) is 0. The number of para-hydroxylation sites is 1. The Morgan fingerprint density at radius 1 is 1.21 bits per heavy atom. The number of nitrogens with one attached hydrogen (secondary N) is 1. The molecule has 0 aliphatic heterocycles. The van der Waals surface area contributed by atoms with Gasteiger partial charge in [0, 0.05) is 12.6 Å². The minimum absolute atomic E-state index is 0. The first-order chi connectivity index (χ1) is 11.0. The van der Waals surface area contributed by atoms with Gasteiger partial charge in [0.05, 0.1) is 0 Å². The van der Waals surface area contributed by atoms with Crippen LogP contribution in [0.1, 0.15) is 19.4 Å². The average molecular weight is 443 g/mol. The molecule has 24 heavy (non-hydrogen) atoms. The molecule has 0 amide bonds. The van der Waals surface area contributed by atoms with Crippen LogP contribution in [0.4, 0.5) is 4.39 Å². The Hall–Kier alpha value is -1.83. The van der Waals surface area contributed by atoms with Gasteiger partial charge in [-0.3, -0.25) is 4.99 Å². The Morgan fingerprint density at radius 2 is 1.92 bits per heavy atom. The zero-order valence-corrected chi connectivity index (χ0v) is 16.2. The molecular weight excluding hydrogens is 420 g/mol. The highest BCUT2D eigenvalue weighted by molar-refractivity contribution is 14.0. The van der Waals surface area contributed by atoms with E-state index in [1.165, 1.54) is 6.07 Å². The molecule has 0 radical (unpaired) electrons. The van der Waals surface area contributed by atoms with Crippen LogP contribution in [0.3, 0.4) is 0 Å². The topological polar surface area (TPSA) is 59.6 Å². The normalized spacial score (nSPS) is 11.1. The van der Waals surface area contributed by atoms with Crippen molar-refractivity contribution < 1.29 is 9.13 Å². The van der Waals surface area contributed by atoms with Crippen molar-refractivity contribution in [3.8, 4) is 11.5 Å². The number of aliphatic imine (C=N–C) groups is 1. The van der Waals surface area contributed by atoms with E-state index in [1.807, 2.05) is 38.1 Å². The molecule has 2 aromatic carbocycles. The van der Waals surface area contributed by atoms with E-state index < -0.39 is 0 Å². The second-order valence-corrected chi connectivity index (χ2v) is 5.50. The van der Waals surface area contributed by atoms with Gasteiger partial charge in [-0.25, -0.2) is 4.39 Å². The molecule has 0 atom stereocenters. The van der Waals surface area contributed by atoms with Crippen LogP contribution < -0.4 is 15.8 Å². The molecule has 130 valence electrons. The molecule has 2 aromatic rings. The summed E-state index contributed by atoms with van der Waals surface area (Å²) in [6, 6.07) is 14.3. The fraction of sp³-hybridized carbons (Fsp3) is 0.278. The maximum Gasteiger partial charge on any atom is 0.188 e. The molecule has 0 spiro atoms. The highest BCUT2D eigenvalue weighted by Gasteiger charge is 2.06. The number of ether oxygens (including phenoxy) is 1. The average Bonchev–Trinajstić information content (AvgIpc) is 2.50. The van der Waals surface area contributed by atoms with Gasteiger partial charge in [0.25, 0.3) is 0 Å². The Balaban J connectivity index is 0.00000288. The summed E-state index contributed by atoms with van der Waals surface area (Å²) in [6.45, 7) is 4.48. The maximum atomic E-state index is 14.1. The number of hydrogen-bond donors (Lipinski definition) is 2. The number of halogens is 2. The van der Waals surface area contributed by atoms with Crippen molar-refractivity contribution in [1.82, 2.24) is 5.32 Å². The van der Waals surface area contributed by atoms with Gasteiger partial charge in [-0.1, -0.05) is 24.3 Å². The lowest BCUT2D eigenvalue weighted by Gasteiger charge is -2.09. The van der Waals surface area contributed by atoms with Crippen molar-refractivity contribution in [3.05, 3.63) is 59.9 Å². The van der Waals surface area contributed by atoms with Crippen molar-refractivity contribution in [1.29, 1.82) is 0 Å². The molecule has 0 heterocycles. The van der Waals surface area contributed by atoms with Gasteiger partial charge in [-0.2, -0.15) is 0 Å². The van der Waals surface area contributed by atoms with E-state index in [0.29, 0.717) is 24.7 Å². The van der Waals surface area contributed by atoms with E-state index >= 15 is 0 Å². The molecule has 0 aromatic heterocycles. The number of nitrogens with two attached hydrogens (primary N) is 1. The van der Waals surface area contributed by atoms with Crippen molar-refractivity contribution in [2.75, 3.05) is 6.54 Å². The van der Waals surface area contributed by atoms with E-state index in [2.05, 4.69) is 10.3 Å². The van der Waals surface area contributed by atoms with Crippen LogP contribution in [0.15, 0.2) is 53.5 Å². The number of guanidine groups is 1. The van der Waals surface area contributed by atoms with Gasteiger partial charge in [0.2, 0.25) is 0 Å². The third-order valence-corrected chi connectivity index (χ3v) is 3.09. The molecular formula is C18H23FIN3O. The summed E-state index contributed by atoms with van der Waals surface area (Å²) >= 11 is 0. The van der Waals surface area contributed by atoms with Crippen molar-refractivity contribution in [2.45, 2.75) is 26.3 Å². The van der Waals surface area contributed by atoms with Gasteiger partial charge < -0.3 is 15.8 Å². The Bertz CT molecular complexity index is 663. The first kappa shape index (κ1) is 20.2. The van der Waals surface area contributed by atoms with Crippen LogP contribution in [0.2, 0.25) is 0 Å². The summed E-state index contributed by atoms with van der Waals surface area (Å²) in [5.41, 5.74) is 6.57. The molecule has 3 N–H and O–H groups in total. The molecule has 0 aliphatic rings. The van der Waals surface area contributed by atoms with E-state index in [9.17, 15) is 4.39 Å². The van der Waals surface area contributed by atoms with E-state index in [4.69, 9.17) is 10.5 Å². The molecule has 0 bridgehead atoms. The third-order valence-electron chi connectivity index (χ3n) is 3.09. The largest absolute Gasteiger partial charge is 0.454 e. The van der Waals surface area contributed by atoms with Gasteiger partial charge in [-0.05, 0) is 50.1 Å². The molecule has 2 rings (SSSR count). The summed E-state index contributed by atoms with van der Waals surface area (Å²) in [6.07, 6.45) is 0.614. The van der Waals surface area contributed by atoms with E-state index in [1.54, 1.807) is 18.2 Å². The summed E-state index contributed by atoms with van der Waals surface area (Å²) in [5.74, 6) is 0.842. The Kier molecular flexibility index (Phi) is 8.53. The lowest BCUT2D eigenvalue weighted by Crippen LogP contribution is -2.36. The van der Waals surface area contributed by atoms with Crippen LogP contribution in [0, 0.1) is 5.82 Å². The van der Waals surface area contributed by atoms with Crippen molar-refractivity contribution in [3.63, 3.8) is 0 Å². The van der Waals surface area contributed by atoms with Gasteiger partial charge >= 0.3 is 0 Å². The quantitative estimate of drug-likeness (QED) is 0.402. The van der Waals surface area contributed by atoms with Crippen molar-refractivity contribution in [2.24, 2.45) is 10.7 Å². The van der Waals surface area contributed by atoms with Crippen LogP contribution >= 0.6 is 24.0 Å². The fourth-order valence-corrected chi connectivity index (χ4v) is 2.04. The van der Waals surface area contributed by atoms with E-state index in [-0.39, 0.29) is 41.6 Å². The second kappa shape index (κ2) is 10.1. The summed E-state index contributed by atoms with van der Waals surface area (Å²) in [4.78, 5) is 4.21. The highest BCUT2D eigenvalue weighted by Crippen LogP contribution is 2.25. The number of hydrogen-bond acceptors (Lipinski definition) is 2. The Labute approximate surface area is 159 Å². The predicted octanol–water partition coefficient (Wildman–Crippen LogP) is 4.09. The van der Waals surface area contributed by atoms with Gasteiger partial charge in [-0.15, -0.1) is 24.0 Å². The monoisotopic (exact) mass is 443 g/mol. The first-order valence-corrected chi connectivity index (χ1v) is 7.62. The molecule has 0 saturated heterocycles. The lowest BCUT2D eigenvalue weighted by atomic mass is 10.1. The first-order valence-electron chi connectivity index (χ1n) is 7.62. The third kappa shape index (κ3) is 6.74. The smallest absolute Gasteiger partial charge is 0.188 e.